The van der Waals surface area contributed by atoms with E-state index in [1.54, 1.807) is 35.1 Å². The molecule has 64 valence electrons. The van der Waals surface area contributed by atoms with E-state index in [0.717, 1.165) is 17.6 Å². The zero-order chi connectivity index (χ0) is 9.10. The number of fused-ring (bicyclic) bond motifs is 1. The van der Waals surface area contributed by atoms with Crippen LogP contribution in [0.3, 0.4) is 0 Å². The summed E-state index contributed by atoms with van der Waals surface area (Å²) in [6.07, 6.45) is 7.27. The lowest BCUT2D eigenvalue weighted by Gasteiger charge is -1.86. The molecule has 0 saturated heterocycles. The standard InChI is InChI=1S/C9H7N3O/c13-6-1-3-8-7-9-10-4-2-5-12(9)11-8/h1-7H/b3-1+. The number of hydrogen-bond acceptors (Lipinski definition) is 3. The normalized spacial score (nSPS) is 11.1. The van der Waals surface area contributed by atoms with E-state index in [-0.39, 0.29) is 0 Å². The van der Waals surface area contributed by atoms with E-state index in [1.165, 1.54) is 6.08 Å². The van der Waals surface area contributed by atoms with Gasteiger partial charge in [-0.2, -0.15) is 5.10 Å². The van der Waals surface area contributed by atoms with Crippen molar-refractivity contribution in [3.63, 3.8) is 0 Å². The van der Waals surface area contributed by atoms with Crippen LogP contribution in [0.4, 0.5) is 0 Å². The minimum atomic E-state index is 0.720. The molecule has 0 aliphatic carbocycles. The smallest absolute Gasteiger partial charge is 0.155 e. The van der Waals surface area contributed by atoms with Gasteiger partial charge in [0.1, 0.15) is 6.29 Å². The molecule has 0 radical (unpaired) electrons. The van der Waals surface area contributed by atoms with Crippen molar-refractivity contribution in [2.45, 2.75) is 0 Å². The number of rotatable bonds is 2. The lowest BCUT2D eigenvalue weighted by Crippen LogP contribution is -1.86. The molecule has 0 fully saturated rings. The predicted octanol–water partition coefficient (Wildman–Crippen LogP) is 0.941. The quantitative estimate of drug-likeness (QED) is 0.501. The van der Waals surface area contributed by atoms with E-state index < -0.39 is 0 Å². The van der Waals surface area contributed by atoms with Crippen LogP contribution in [0.2, 0.25) is 0 Å². The Bertz CT molecular complexity index is 426. The molecule has 0 atom stereocenters. The molecule has 4 nitrogen and oxygen atoms in total. The first-order valence-corrected chi connectivity index (χ1v) is 3.82. The molecule has 4 heteroatoms. The molecule has 13 heavy (non-hydrogen) atoms. The molecule has 2 aromatic rings. The van der Waals surface area contributed by atoms with Gasteiger partial charge >= 0.3 is 0 Å². The lowest BCUT2D eigenvalue weighted by atomic mass is 10.4. The summed E-state index contributed by atoms with van der Waals surface area (Å²) in [5.74, 6) is 0. The summed E-state index contributed by atoms with van der Waals surface area (Å²) >= 11 is 0. The third kappa shape index (κ3) is 1.46. The number of allylic oxidation sites excluding steroid dienone is 1. The summed E-state index contributed by atoms with van der Waals surface area (Å²) in [7, 11) is 0. The second-order valence-corrected chi connectivity index (χ2v) is 2.49. The summed E-state index contributed by atoms with van der Waals surface area (Å²) in [6.45, 7) is 0. The summed E-state index contributed by atoms with van der Waals surface area (Å²) in [6, 6.07) is 3.60. The topological polar surface area (TPSA) is 47.3 Å². The van der Waals surface area contributed by atoms with E-state index in [0.29, 0.717) is 0 Å². The Morgan fingerprint density at radius 2 is 2.38 bits per heavy atom. The average Bonchev–Trinajstić information content (AvgIpc) is 2.57. The van der Waals surface area contributed by atoms with Gasteiger partial charge in [0.2, 0.25) is 0 Å². The molecule has 2 heterocycles. The van der Waals surface area contributed by atoms with E-state index in [2.05, 4.69) is 10.1 Å². The van der Waals surface area contributed by atoms with Gasteiger partial charge in [-0.05, 0) is 18.2 Å². The SMILES string of the molecule is O=C/C=C/c1cc2ncccn2n1. The summed E-state index contributed by atoms with van der Waals surface area (Å²) < 4.78 is 1.66. The number of aromatic nitrogens is 3. The number of hydrogen-bond donors (Lipinski definition) is 0. The molecular weight excluding hydrogens is 166 g/mol. The second kappa shape index (κ2) is 3.18. The first kappa shape index (κ1) is 7.67. The number of aldehydes is 1. The van der Waals surface area contributed by atoms with Gasteiger partial charge in [0.05, 0.1) is 5.69 Å². The average molecular weight is 173 g/mol. The molecule has 0 aliphatic heterocycles. The largest absolute Gasteiger partial charge is 0.299 e. The molecule has 0 N–H and O–H groups in total. The lowest BCUT2D eigenvalue weighted by molar-refractivity contribution is -0.104. The molecule has 2 aromatic heterocycles. The van der Waals surface area contributed by atoms with Crippen LogP contribution in [0, 0.1) is 0 Å². The molecule has 0 bridgehead atoms. The van der Waals surface area contributed by atoms with Crippen molar-refractivity contribution in [1.82, 2.24) is 14.6 Å². The number of nitrogens with zero attached hydrogens (tertiary/aromatic N) is 3. The highest BCUT2D eigenvalue weighted by atomic mass is 16.1. The second-order valence-electron chi connectivity index (χ2n) is 2.49. The van der Waals surface area contributed by atoms with Gasteiger partial charge in [-0.25, -0.2) is 9.50 Å². The van der Waals surface area contributed by atoms with Crippen LogP contribution in [0.25, 0.3) is 11.7 Å². The summed E-state index contributed by atoms with van der Waals surface area (Å²) in [4.78, 5) is 14.1. The van der Waals surface area contributed by atoms with Crippen LogP contribution in [0.5, 0.6) is 0 Å². The molecule has 2 rings (SSSR count). The molecule has 0 spiro atoms. The fourth-order valence-electron chi connectivity index (χ4n) is 1.07. The van der Waals surface area contributed by atoms with Crippen molar-refractivity contribution in [2.75, 3.05) is 0 Å². The monoisotopic (exact) mass is 173 g/mol. The Morgan fingerprint density at radius 3 is 3.15 bits per heavy atom. The highest BCUT2D eigenvalue weighted by Crippen LogP contribution is 2.03. The Balaban J connectivity index is 2.49. The van der Waals surface area contributed by atoms with E-state index in [9.17, 15) is 4.79 Å². The van der Waals surface area contributed by atoms with Crippen LogP contribution in [-0.2, 0) is 4.79 Å². The first-order chi connectivity index (χ1) is 6.40. The zero-order valence-electron chi connectivity index (χ0n) is 6.79. The fourth-order valence-corrected chi connectivity index (χ4v) is 1.07. The molecule has 0 amide bonds. The van der Waals surface area contributed by atoms with Crippen LogP contribution < -0.4 is 0 Å². The Kier molecular flexibility index (Phi) is 1.88. The van der Waals surface area contributed by atoms with Crippen molar-refractivity contribution in [1.29, 1.82) is 0 Å². The van der Waals surface area contributed by atoms with Gasteiger partial charge in [-0.3, -0.25) is 4.79 Å². The van der Waals surface area contributed by atoms with Crippen LogP contribution >= 0.6 is 0 Å². The van der Waals surface area contributed by atoms with Gasteiger partial charge in [-0.1, -0.05) is 0 Å². The van der Waals surface area contributed by atoms with Crippen molar-refractivity contribution in [3.05, 3.63) is 36.3 Å². The third-order valence-electron chi connectivity index (χ3n) is 1.60. The van der Waals surface area contributed by atoms with Crippen LogP contribution in [-0.4, -0.2) is 20.9 Å². The van der Waals surface area contributed by atoms with Gasteiger partial charge in [0, 0.05) is 18.5 Å². The van der Waals surface area contributed by atoms with Crippen molar-refractivity contribution >= 4 is 18.0 Å². The summed E-state index contributed by atoms with van der Waals surface area (Å²) in [5, 5.41) is 4.16. The van der Waals surface area contributed by atoms with Gasteiger partial charge in [0.15, 0.2) is 5.65 Å². The number of carbonyl (C=O) groups excluding carboxylic acids is 1. The van der Waals surface area contributed by atoms with Gasteiger partial charge < -0.3 is 0 Å². The minimum absolute atomic E-state index is 0.720. The Hall–Kier alpha value is -1.97. The van der Waals surface area contributed by atoms with Gasteiger partial charge in [0.25, 0.3) is 0 Å². The zero-order valence-corrected chi connectivity index (χ0v) is 6.79. The molecule has 0 aromatic carbocycles. The first-order valence-electron chi connectivity index (χ1n) is 3.82. The molecule has 0 aliphatic rings. The molecular formula is C9H7N3O. The molecule has 0 unspecified atom stereocenters. The maximum absolute atomic E-state index is 10.1. The maximum atomic E-state index is 10.1. The minimum Gasteiger partial charge on any atom is -0.299 e. The van der Waals surface area contributed by atoms with E-state index >= 15 is 0 Å². The van der Waals surface area contributed by atoms with Crippen LogP contribution in [0.1, 0.15) is 5.69 Å². The fraction of sp³-hybridized carbons (Fsp3) is 0. The van der Waals surface area contributed by atoms with E-state index in [4.69, 9.17) is 0 Å². The predicted molar refractivity (Wildman–Crippen MR) is 48.1 cm³/mol. The maximum Gasteiger partial charge on any atom is 0.155 e. The summed E-state index contributed by atoms with van der Waals surface area (Å²) in [5.41, 5.74) is 1.50. The van der Waals surface area contributed by atoms with Gasteiger partial charge in [-0.15, -0.1) is 0 Å². The van der Waals surface area contributed by atoms with Crippen molar-refractivity contribution in [2.24, 2.45) is 0 Å². The van der Waals surface area contributed by atoms with Crippen molar-refractivity contribution in [3.8, 4) is 0 Å². The van der Waals surface area contributed by atoms with E-state index in [1.807, 2.05) is 0 Å². The molecule has 0 saturated carbocycles. The Labute approximate surface area is 74.5 Å². The third-order valence-corrected chi connectivity index (χ3v) is 1.60. The Morgan fingerprint density at radius 1 is 1.46 bits per heavy atom. The van der Waals surface area contributed by atoms with Crippen LogP contribution in [0.15, 0.2) is 30.6 Å². The highest BCUT2D eigenvalue weighted by molar-refractivity contribution is 5.73. The van der Waals surface area contributed by atoms with Crippen molar-refractivity contribution < 1.29 is 4.79 Å². The highest BCUT2D eigenvalue weighted by Gasteiger charge is 1.96. The number of carbonyl (C=O) groups is 1.